The second-order valence-electron chi connectivity index (χ2n) is 6.24. The van der Waals surface area contributed by atoms with Crippen molar-refractivity contribution in [3.05, 3.63) is 48.4 Å². The fourth-order valence-corrected chi connectivity index (χ4v) is 3.77. The Kier molecular flexibility index (Phi) is 4.05. The molecule has 132 valence electrons. The summed E-state index contributed by atoms with van der Waals surface area (Å²) >= 11 is 1.48. The van der Waals surface area contributed by atoms with Crippen LogP contribution in [0.15, 0.2) is 47.2 Å². The molecule has 5 rings (SSSR count). The molecule has 0 amide bonds. The van der Waals surface area contributed by atoms with Crippen molar-refractivity contribution in [2.75, 3.05) is 13.2 Å². The van der Waals surface area contributed by atoms with E-state index in [1.807, 2.05) is 30.3 Å². The molecule has 1 aromatic carbocycles. The summed E-state index contributed by atoms with van der Waals surface area (Å²) in [5, 5.41) is 5.08. The summed E-state index contributed by atoms with van der Waals surface area (Å²) in [6, 6.07) is 9.74. The van der Waals surface area contributed by atoms with E-state index in [1.54, 1.807) is 12.5 Å². The van der Waals surface area contributed by atoms with Gasteiger partial charge in [-0.3, -0.25) is 0 Å². The quantitative estimate of drug-likeness (QED) is 0.553. The number of nitrogens with one attached hydrogen (secondary N) is 1. The summed E-state index contributed by atoms with van der Waals surface area (Å²) in [6.07, 6.45) is 5.02. The number of pyridine rings is 1. The van der Waals surface area contributed by atoms with Gasteiger partial charge >= 0.3 is 0 Å². The van der Waals surface area contributed by atoms with E-state index in [9.17, 15) is 0 Å². The van der Waals surface area contributed by atoms with Gasteiger partial charge in [-0.1, -0.05) is 11.3 Å². The van der Waals surface area contributed by atoms with Gasteiger partial charge in [-0.25, -0.2) is 4.98 Å². The third-order valence-corrected chi connectivity index (χ3v) is 5.35. The van der Waals surface area contributed by atoms with Crippen LogP contribution in [0.1, 0.15) is 12.0 Å². The Labute approximate surface area is 153 Å². The molecule has 4 aromatic rings. The average Bonchev–Trinajstić information content (AvgIpc) is 3.20. The summed E-state index contributed by atoms with van der Waals surface area (Å²) in [4.78, 5) is 8.63. The number of nitrogens with zero attached hydrogens (tertiary/aromatic N) is 2. The lowest BCUT2D eigenvalue weighted by atomic mass is 10.1. The maximum atomic E-state index is 5.89. The van der Waals surface area contributed by atoms with Gasteiger partial charge in [0.1, 0.15) is 11.3 Å². The molecule has 1 aliphatic rings. The van der Waals surface area contributed by atoms with Crippen molar-refractivity contribution in [1.29, 1.82) is 0 Å². The lowest BCUT2D eigenvalue weighted by Crippen LogP contribution is -2.36. The molecule has 0 bridgehead atoms. The normalized spacial score (nSPS) is 16.8. The second-order valence-corrected chi connectivity index (χ2v) is 7.23. The van der Waals surface area contributed by atoms with E-state index in [4.69, 9.17) is 13.9 Å². The molecule has 1 N–H and O–H groups in total. The second kappa shape index (κ2) is 6.68. The summed E-state index contributed by atoms with van der Waals surface area (Å²) < 4.78 is 18.0. The van der Waals surface area contributed by atoms with Gasteiger partial charge in [-0.2, -0.15) is 4.98 Å². The minimum Gasteiger partial charge on any atom is -0.464 e. The van der Waals surface area contributed by atoms with E-state index in [-0.39, 0.29) is 0 Å². The number of hydrogen-bond donors (Lipinski definition) is 1. The molecule has 26 heavy (non-hydrogen) atoms. The van der Waals surface area contributed by atoms with Gasteiger partial charge in [0.25, 0.3) is 5.19 Å². The molecule has 3 aromatic heterocycles. The van der Waals surface area contributed by atoms with Gasteiger partial charge in [-0.15, -0.1) is 0 Å². The number of benzene rings is 1. The molecule has 1 fully saturated rings. The van der Waals surface area contributed by atoms with E-state index in [1.165, 1.54) is 11.3 Å². The Balaban J connectivity index is 1.31. The largest absolute Gasteiger partial charge is 0.464 e. The van der Waals surface area contributed by atoms with E-state index >= 15 is 0 Å². The van der Waals surface area contributed by atoms with Crippen LogP contribution < -0.4 is 10.1 Å². The summed E-state index contributed by atoms with van der Waals surface area (Å²) in [5.74, 6) is 0.702. The Hall–Kier alpha value is -2.48. The molecule has 1 atom stereocenters. The smallest absolute Gasteiger partial charge is 0.281 e. The average molecular weight is 367 g/mol. The van der Waals surface area contributed by atoms with E-state index < -0.39 is 0 Å². The highest BCUT2D eigenvalue weighted by Crippen LogP contribution is 2.32. The third kappa shape index (κ3) is 3.05. The number of rotatable bonds is 6. The molecule has 1 saturated heterocycles. The van der Waals surface area contributed by atoms with Crippen LogP contribution in [0.3, 0.4) is 0 Å². The van der Waals surface area contributed by atoms with Gasteiger partial charge in [0.05, 0.1) is 17.1 Å². The number of aromatic nitrogens is 2. The lowest BCUT2D eigenvalue weighted by Gasteiger charge is -2.26. The molecule has 1 unspecified atom stereocenters. The first-order valence-electron chi connectivity index (χ1n) is 8.57. The zero-order chi connectivity index (χ0) is 17.3. The molecule has 1 aliphatic heterocycles. The van der Waals surface area contributed by atoms with Crippen LogP contribution in [0.25, 0.3) is 21.3 Å². The van der Waals surface area contributed by atoms with Crippen LogP contribution in [0.2, 0.25) is 0 Å². The van der Waals surface area contributed by atoms with Gasteiger partial charge in [0.2, 0.25) is 0 Å². The van der Waals surface area contributed by atoms with Crippen molar-refractivity contribution in [2.24, 2.45) is 0 Å². The minimum atomic E-state index is 0.358. The Morgan fingerprint density at radius 3 is 3.12 bits per heavy atom. The molecule has 6 nitrogen and oxygen atoms in total. The standard InChI is InChI=1S/C19H17N3O3S/c1-2-17-18(21-6-1)22-19(26-17)25-13-3-4-15-12(11-24-16(15)8-13)9-20-10-14-5-7-23-14/h1-4,6,8,11,14,20H,5,7,9-10H2. The first-order chi connectivity index (χ1) is 12.8. The zero-order valence-electron chi connectivity index (χ0n) is 14.0. The summed E-state index contributed by atoms with van der Waals surface area (Å²) in [6.45, 7) is 2.52. The van der Waals surface area contributed by atoms with Crippen LogP contribution in [0.4, 0.5) is 0 Å². The predicted molar refractivity (Wildman–Crippen MR) is 99.8 cm³/mol. The monoisotopic (exact) mass is 367 g/mol. The molecular formula is C19H17N3O3S. The minimum absolute atomic E-state index is 0.358. The fraction of sp³-hybridized carbons (Fsp3) is 0.263. The van der Waals surface area contributed by atoms with E-state index in [0.29, 0.717) is 22.7 Å². The maximum Gasteiger partial charge on any atom is 0.281 e. The van der Waals surface area contributed by atoms with Crippen LogP contribution in [0.5, 0.6) is 10.9 Å². The van der Waals surface area contributed by atoms with Gasteiger partial charge in [0.15, 0.2) is 5.65 Å². The maximum absolute atomic E-state index is 5.89. The van der Waals surface area contributed by atoms with Crippen molar-refractivity contribution in [3.8, 4) is 10.9 Å². The molecule has 0 spiro atoms. The number of ether oxygens (including phenoxy) is 2. The van der Waals surface area contributed by atoms with Crippen molar-refractivity contribution < 1.29 is 13.9 Å². The summed E-state index contributed by atoms with van der Waals surface area (Å²) in [5.41, 5.74) is 2.64. The third-order valence-electron chi connectivity index (χ3n) is 4.46. The molecule has 4 heterocycles. The lowest BCUT2D eigenvalue weighted by molar-refractivity contribution is -0.0484. The van der Waals surface area contributed by atoms with Crippen LogP contribution >= 0.6 is 11.3 Å². The van der Waals surface area contributed by atoms with Crippen molar-refractivity contribution in [3.63, 3.8) is 0 Å². The number of fused-ring (bicyclic) bond motifs is 2. The van der Waals surface area contributed by atoms with E-state index in [2.05, 4.69) is 15.3 Å². The Bertz CT molecular complexity index is 1020. The van der Waals surface area contributed by atoms with Gasteiger partial charge in [-0.05, 0) is 30.7 Å². The van der Waals surface area contributed by atoms with Crippen LogP contribution in [0, 0.1) is 0 Å². The molecule has 0 radical (unpaired) electrons. The molecule has 7 heteroatoms. The van der Waals surface area contributed by atoms with Crippen LogP contribution in [-0.2, 0) is 11.3 Å². The zero-order valence-corrected chi connectivity index (χ0v) is 14.8. The highest BCUT2D eigenvalue weighted by molar-refractivity contribution is 7.20. The van der Waals surface area contributed by atoms with Crippen molar-refractivity contribution >= 4 is 32.7 Å². The predicted octanol–water partition coefficient (Wildman–Crippen LogP) is 4.11. The van der Waals surface area contributed by atoms with Crippen LogP contribution in [-0.4, -0.2) is 29.2 Å². The highest BCUT2D eigenvalue weighted by Gasteiger charge is 2.17. The van der Waals surface area contributed by atoms with Crippen molar-refractivity contribution in [2.45, 2.75) is 19.1 Å². The molecule has 0 saturated carbocycles. The Morgan fingerprint density at radius 1 is 1.31 bits per heavy atom. The fourth-order valence-electron chi connectivity index (χ4n) is 2.97. The SMILES string of the molecule is c1cnc2nc(Oc3ccc4c(CNCC5CCO5)coc4c3)sc2c1. The highest BCUT2D eigenvalue weighted by atomic mass is 32.1. The first kappa shape index (κ1) is 15.7. The summed E-state index contributed by atoms with van der Waals surface area (Å²) in [7, 11) is 0. The molecule has 0 aliphatic carbocycles. The number of thiazole rings is 1. The first-order valence-corrected chi connectivity index (χ1v) is 9.39. The topological polar surface area (TPSA) is 69.4 Å². The number of furan rings is 1. The molecular weight excluding hydrogens is 350 g/mol. The van der Waals surface area contributed by atoms with Gasteiger partial charge in [0, 0.05) is 42.9 Å². The van der Waals surface area contributed by atoms with Gasteiger partial charge < -0.3 is 19.2 Å². The van der Waals surface area contributed by atoms with E-state index in [0.717, 1.165) is 47.3 Å². The Morgan fingerprint density at radius 2 is 2.27 bits per heavy atom. The van der Waals surface area contributed by atoms with Crippen molar-refractivity contribution in [1.82, 2.24) is 15.3 Å². The number of hydrogen-bond acceptors (Lipinski definition) is 7.